The van der Waals surface area contributed by atoms with Crippen LogP contribution in [0.4, 0.5) is 8.78 Å². The van der Waals surface area contributed by atoms with Crippen molar-refractivity contribution in [2.24, 2.45) is 0 Å². The molecule has 1 aliphatic heterocycles. The van der Waals surface area contributed by atoms with Crippen LogP contribution in [0.5, 0.6) is 0 Å². The van der Waals surface area contributed by atoms with E-state index in [0.717, 1.165) is 32.0 Å². The Kier molecular flexibility index (Phi) is 4.76. The molecule has 1 fully saturated rings. The molecule has 0 bridgehead atoms. The Morgan fingerprint density at radius 2 is 2.10 bits per heavy atom. The predicted molar refractivity (Wildman–Crippen MR) is 77.5 cm³/mol. The van der Waals surface area contributed by atoms with E-state index in [1.54, 1.807) is 6.07 Å². The minimum atomic E-state index is -0.517. The zero-order valence-corrected chi connectivity index (χ0v) is 12.5. The highest BCUT2D eigenvalue weighted by molar-refractivity contribution is 5.19. The average Bonchev–Trinajstić information content (AvgIpc) is 2.36. The van der Waals surface area contributed by atoms with Gasteiger partial charge in [-0.25, -0.2) is 8.78 Å². The molecule has 4 heteroatoms. The molecule has 1 aromatic carbocycles. The van der Waals surface area contributed by atoms with Crippen molar-refractivity contribution in [3.8, 4) is 0 Å². The molecule has 0 saturated carbocycles. The van der Waals surface area contributed by atoms with Crippen LogP contribution in [0.3, 0.4) is 0 Å². The zero-order chi connectivity index (χ0) is 14.8. The molecule has 0 amide bonds. The number of nitrogens with zero attached hydrogens (tertiary/aromatic N) is 1. The first kappa shape index (κ1) is 15.4. The van der Waals surface area contributed by atoms with Crippen LogP contribution in [-0.4, -0.2) is 29.6 Å². The summed E-state index contributed by atoms with van der Waals surface area (Å²) >= 11 is 0. The summed E-state index contributed by atoms with van der Waals surface area (Å²) in [5.74, 6) is -0.964. The van der Waals surface area contributed by atoms with Crippen molar-refractivity contribution in [2.45, 2.75) is 51.7 Å². The van der Waals surface area contributed by atoms with Gasteiger partial charge in [-0.2, -0.15) is 0 Å². The molecular weight excluding hydrogens is 258 g/mol. The van der Waals surface area contributed by atoms with E-state index >= 15 is 0 Å². The molecule has 112 valence electrons. The molecule has 0 aromatic heterocycles. The van der Waals surface area contributed by atoms with Crippen LogP contribution in [-0.2, 0) is 6.54 Å². The van der Waals surface area contributed by atoms with E-state index in [2.05, 4.69) is 31.0 Å². The minimum Gasteiger partial charge on any atom is -0.309 e. The topological polar surface area (TPSA) is 15.3 Å². The average molecular weight is 282 g/mol. The number of piperazine rings is 1. The maximum Gasteiger partial charge on any atom is 0.130 e. The van der Waals surface area contributed by atoms with Gasteiger partial charge in [-0.05, 0) is 26.3 Å². The quantitative estimate of drug-likeness (QED) is 0.911. The third kappa shape index (κ3) is 3.76. The van der Waals surface area contributed by atoms with Gasteiger partial charge in [-0.15, -0.1) is 0 Å². The molecule has 0 radical (unpaired) electrons. The van der Waals surface area contributed by atoms with Gasteiger partial charge in [0.05, 0.1) is 0 Å². The number of halogens is 2. The van der Waals surface area contributed by atoms with Gasteiger partial charge in [-0.3, -0.25) is 4.90 Å². The van der Waals surface area contributed by atoms with Crippen LogP contribution in [0, 0.1) is 11.6 Å². The highest BCUT2D eigenvalue weighted by atomic mass is 19.1. The Morgan fingerprint density at radius 3 is 2.75 bits per heavy atom. The Bertz CT molecular complexity index is 460. The van der Waals surface area contributed by atoms with Gasteiger partial charge < -0.3 is 5.32 Å². The lowest BCUT2D eigenvalue weighted by molar-refractivity contribution is 0.0816. The molecule has 0 spiro atoms. The summed E-state index contributed by atoms with van der Waals surface area (Å²) < 4.78 is 26.8. The van der Waals surface area contributed by atoms with E-state index in [-0.39, 0.29) is 5.54 Å². The highest BCUT2D eigenvalue weighted by Gasteiger charge is 2.32. The summed E-state index contributed by atoms with van der Waals surface area (Å²) in [4.78, 5) is 2.32. The van der Waals surface area contributed by atoms with Crippen LogP contribution in [0.2, 0.25) is 0 Å². The normalized spacial score (nSPS) is 22.9. The maximum atomic E-state index is 13.8. The second-order valence-corrected chi connectivity index (χ2v) is 6.35. The van der Waals surface area contributed by atoms with Crippen LogP contribution < -0.4 is 5.32 Å². The molecule has 2 nitrogen and oxygen atoms in total. The van der Waals surface area contributed by atoms with E-state index < -0.39 is 11.6 Å². The van der Waals surface area contributed by atoms with Gasteiger partial charge in [0.25, 0.3) is 0 Å². The van der Waals surface area contributed by atoms with Crippen molar-refractivity contribution in [3.63, 3.8) is 0 Å². The number of rotatable bonds is 4. The molecule has 2 rings (SSSR count). The zero-order valence-electron chi connectivity index (χ0n) is 12.5. The van der Waals surface area contributed by atoms with Gasteiger partial charge in [0, 0.05) is 42.8 Å². The molecule has 1 unspecified atom stereocenters. The molecule has 1 heterocycles. The Labute approximate surface area is 120 Å². The number of hydrogen-bond donors (Lipinski definition) is 1. The minimum absolute atomic E-state index is 0.0285. The third-order valence-corrected chi connectivity index (χ3v) is 3.94. The Balaban J connectivity index is 2.14. The standard InChI is InChI=1S/C16H24F2N2/c1-4-5-14-9-19-16(2,3)11-20(14)10-12-6-7-13(17)8-15(12)18/h6-8,14,19H,4-5,9-11H2,1-3H3. The van der Waals surface area contributed by atoms with Crippen molar-refractivity contribution in [2.75, 3.05) is 13.1 Å². The lowest BCUT2D eigenvalue weighted by Gasteiger charge is -2.44. The lowest BCUT2D eigenvalue weighted by Crippen LogP contribution is -2.61. The van der Waals surface area contributed by atoms with Gasteiger partial charge in [0.1, 0.15) is 11.6 Å². The van der Waals surface area contributed by atoms with E-state index in [0.29, 0.717) is 18.2 Å². The van der Waals surface area contributed by atoms with Crippen LogP contribution in [0.1, 0.15) is 39.2 Å². The Morgan fingerprint density at radius 1 is 1.35 bits per heavy atom. The molecule has 1 saturated heterocycles. The number of benzene rings is 1. The molecule has 20 heavy (non-hydrogen) atoms. The van der Waals surface area contributed by atoms with Crippen molar-refractivity contribution in [3.05, 3.63) is 35.4 Å². The second-order valence-electron chi connectivity index (χ2n) is 6.35. The van der Waals surface area contributed by atoms with Gasteiger partial charge >= 0.3 is 0 Å². The van der Waals surface area contributed by atoms with Crippen LogP contribution in [0.15, 0.2) is 18.2 Å². The molecule has 1 N–H and O–H groups in total. The van der Waals surface area contributed by atoms with E-state index in [4.69, 9.17) is 0 Å². The fourth-order valence-electron chi connectivity index (χ4n) is 2.89. The molecule has 1 atom stereocenters. The summed E-state index contributed by atoms with van der Waals surface area (Å²) in [5.41, 5.74) is 0.603. The summed E-state index contributed by atoms with van der Waals surface area (Å²) in [6.45, 7) is 8.81. The molecule has 1 aromatic rings. The first-order valence-electron chi connectivity index (χ1n) is 7.34. The SMILES string of the molecule is CCCC1CNC(C)(C)CN1Cc1ccc(F)cc1F. The smallest absolute Gasteiger partial charge is 0.130 e. The van der Waals surface area contributed by atoms with Crippen molar-refractivity contribution in [1.29, 1.82) is 0 Å². The second kappa shape index (κ2) is 6.19. The van der Waals surface area contributed by atoms with Crippen LogP contribution >= 0.6 is 0 Å². The first-order chi connectivity index (χ1) is 9.41. The fraction of sp³-hybridized carbons (Fsp3) is 0.625. The summed E-state index contributed by atoms with van der Waals surface area (Å²) in [5, 5.41) is 3.54. The number of nitrogens with one attached hydrogen (secondary N) is 1. The van der Waals surface area contributed by atoms with E-state index in [1.165, 1.54) is 6.07 Å². The molecule has 1 aliphatic rings. The highest BCUT2D eigenvalue weighted by Crippen LogP contribution is 2.22. The van der Waals surface area contributed by atoms with Gasteiger partial charge in [0.2, 0.25) is 0 Å². The van der Waals surface area contributed by atoms with Crippen molar-refractivity contribution in [1.82, 2.24) is 10.2 Å². The van der Waals surface area contributed by atoms with Gasteiger partial charge in [-0.1, -0.05) is 19.4 Å². The van der Waals surface area contributed by atoms with E-state index in [9.17, 15) is 8.78 Å². The van der Waals surface area contributed by atoms with Gasteiger partial charge in [0.15, 0.2) is 0 Å². The third-order valence-electron chi connectivity index (χ3n) is 3.94. The maximum absolute atomic E-state index is 13.8. The largest absolute Gasteiger partial charge is 0.309 e. The van der Waals surface area contributed by atoms with Crippen LogP contribution in [0.25, 0.3) is 0 Å². The summed E-state index contributed by atoms with van der Waals surface area (Å²) in [6.07, 6.45) is 2.20. The lowest BCUT2D eigenvalue weighted by atomic mass is 9.96. The molecular formula is C16H24F2N2. The predicted octanol–water partition coefficient (Wildman–Crippen LogP) is 3.32. The Hall–Kier alpha value is -1.00. The van der Waals surface area contributed by atoms with Crippen molar-refractivity contribution < 1.29 is 8.78 Å². The monoisotopic (exact) mass is 282 g/mol. The first-order valence-corrected chi connectivity index (χ1v) is 7.34. The number of hydrogen-bond acceptors (Lipinski definition) is 2. The summed E-state index contributed by atoms with van der Waals surface area (Å²) in [7, 11) is 0. The van der Waals surface area contributed by atoms with Crippen molar-refractivity contribution >= 4 is 0 Å². The molecule has 0 aliphatic carbocycles. The summed E-state index contributed by atoms with van der Waals surface area (Å²) in [6, 6.07) is 4.28. The van der Waals surface area contributed by atoms with E-state index in [1.807, 2.05) is 0 Å². The fourth-order valence-corrected chi connectivity index (χ4v) is 2.89.